The summed E-state index contributed by atoms with van der Waals surface area (Å²) in [6.07, 6.45) is 8.46. The zero-order chi connectivity index (χ0) is 18.4. The minimum atomic E-state index is 0.527. The molecule has 5 nitrogen and oxygen atoms in total. The van der Waals surface area contributed by atoms with Crippen LogP contribution in [0.5, 0.6) is 0 Å². The summed E-state index contributed by atoms with van der Waals surface area (Å²) in [6, 6.07) is 8.75. The maximum Gasteiger partial charge on any atom is 0.226 e. The quantitative estimate of drug-likeness (QED) is 0.599. The molecule has 1 aromatic carbocycles. The number of aryl methyl sites for hydroxylation is 1. The van der Waals surface area contributed by atoms with E-state index in [0.717, 1.165) is 35.4 Å². The Labute approximate surface area is 160 Å². The van der Waals surface area contributed by atoms with Crippen LogP contribution in [0.4, 0.5) is 0 Å². The van der Waals surface area contributed by atoms with Crippen LogP contribution in [0.15, 0.2) is 39.9 Å². The van der Waals surface area contributed by atoms with Gasteiger partial charge in [0, 0.05) is 36.9 Å². The number of oxazole rings is 1. The van der Waals surface area contributed by atoms with E-state index in [0.29, 0.717) is 11.9 Å². The first-order valence-electron chi connectivity index (χ1n) is 9.19. The minimum absolute atomic E-state index is 0.527. The number of hydrogen-bond donors (Lipinski definition) is 2. The van der Waals surface area contributed by atoms with Crippen molar-refractivity contribution in [1.82, 2.24) is 15.6 Å². The lowest BCUT2D eigenvalue weighted by molar-refractivity contribution is 0.572. The maximum absolute atomic E-state index is 5.62. The Morgan fingerprint density at radius 2 is 2.12 bits per heavy atom. The van der Waals surface area contributed by atoms with Gasteiger partial charge in [0.25, 0.3) is 0 Å². The van der Waals surface area contributed by atoms with Gasteiger partial charge in [-0.25, -0.2) is 4.98 Å². The average molecular weight is 373 g/mol. The van der Waals surface area contributed by atoms with E-state index in [9.17, 15) is 0 Å². The smallest absolute Gasteiger partial charge is 0.226 e. The van der Waals surface area contributed by atoms with Crippen molar-refractivity contribution in [1.29, 1.82) is 0 Å². The van der Waals surface area contributed by atoms with Gasteiger partial charge in [0.1, 0.15) is 6.26 Å². The number of nitrogens with zero attached hydrogens (tertiary/aromatic N) is 2. The second kappa shape index (κ2) is 9.12. The zero-order valence-electron chi connectivity index (χ0n) is 15.8. The highest BCUT2D eigenvalue weighted by molar-refractivity contribution is 7.99. The summed E-state index contributed by atoms with van der Waals surface area (Å²) in [4.78, 5) is 8.93. The van der Waals surface area contributed by atoms with Gasteiger partial charge in [-0.2, -0.15) is 11.8 Å². The molecule has 2 unspecified atom stereocenters. The SMILES string of the molecule is CN=C(NCCc1coc(-c2ccc(C)cc2)n1)NC1CCC(SC)C1. The fourth-order valence-corrected chi connectivity index (χ4v) is 4.03. The molecule has 1 saturated carbocycles. The number of guanidine groups is 1. The lowest BCUT2D eigenvalue weighted by Gasteiger charge is -2.17. The van der Waals surface area contributed by atoms with Gasteiger partial charge < -0.3 is 15.1 Å². The van der Waals surface area contributed by atoms with Crippen LogP contribution in [0.3, 0.4) is 0 Å². The number of aromatic nitrogens is 1. The molecule has 0 aliphatic heterocycles. The minimum Gasteiger partial charge on any atom is -0.444 e. The molecule has 1 aliphatic rings. The average Bonchev–Trinajstić information content (AvgIpc) is 3.31. The molecular formula is C20H28N4OS. The van der Waals surface area contributed by atoms with E-state index in [4.69, 9.17) is 4.42 Å². The fraction of sp³-hybridized carbons (Fsp3) is 0.500. The summed E-state index contributed by atoms with van der Waals surface area (Å²) in [7, 11) is 1.82. The van der Waals surface area contributed by atoms with Crippen LogP contribution in [0.1, 0.15) is 30.5 Å². The highest BCUT2D eigenvalue weighted by atomic mass is 32.2. The highest BCUT2D eigenvalue weighted by Gasteiger charge is 2.24. The van der Waals surface area contributed by atoms with Gasteiger partial charge in [-0.05, 0) is 44.6 Å². The Bertz CT molecular complexity index is 726. The van der Waals surface area contributed by atoms with Crippen molar-refractivity contribution in [3.63, 3.8) is 0 Å². The van der Waals surface area contributed by atoms with Crippen LogP contribution in [0.2, 0.25) is 0 Å². The molecule has 26 heavy (non-hydrogen) atoms. The van der Waals surface area contributed by atoms with Gasteiger partial charge in [0.15, 0.2) is 5.96 Å². The third kappa shape index (κ3) is 5.04. The molecule has 0 amide bonds. The third-order valence-corrected chi connectivity index (χ3v) is 5.90. The second-order valence-electron chi connectivity index (χ2n) is 6.77. The van der Waals surface area contributed by atoms with E-state index < -0.39 is 0 Å². The summed E-state index contributed by atoms with van der Waals surface area (Å²) in [6.45, 7) is 2.85. The van der Waals surface area contributed by atoms with Crippen LogP contribution in [-0.2, 0) is 6.42 Å². The lowest BCUT2D eigenvalue weighted by Crippen LogP contribution is -2.43. The Balaban J connectivity index is 1.46. The monoisotopic (exact) mass is 372 g/mol. The van der Waals surface area contributed by atoms with Gasteiger partial charge in [-0.15, -0.1) is 0 Å². The Morgan fingerprint density at radius 3 is 2.81 bits per heavy atom. The first kappa shape index (κ1) is 18.8. The number of rotatable bonds is 6. The lowest BCUT2D eigenvalue weighted by atomic mass is 10.1. The predicted molar refractivity (Wildman–Crippen MR) is 110 cm³/mol. The summed E-state index contributed by atoms with van der Waals surface area (Å²) in [5.41, 5.74) is 3.19. The number of benzene rings is 1. The summed E-state index contributed by atoms with van der Waals surface area (Å²) >= 11 is 1.97. The van der Waals surface area contributed by atoms with Crippen molar-refractivity contribution in [3.05, 3.63) is 41.8 Å². The van der Waals surface area contributed by atoms with Crippen LogP contribution >= 0.6 is 11.8 Å². The molecule has 1 aliphatic carbocycles. The first-order chi connectivity index (χ1) is 12.7. The first-order valence-corrected chi connectivity index (χ1v) is 10.5. The molecule has 2 atom stereocenters. The van der Waals surface area contributed by atoms with E-state index in [1.807, 2.05) is 30.9 Å². The van der Waals surface area contributed by atoms with E-state index in [1.165, 1.54) is 24.8 Å². The second-order valence-corrected chi connectivity index (χ2v) is 7.91. The third-order valence-electron chi connectivity index (χ3n) is 4.81. The predicted octanol–water partition coefficient (Wildman–Crippen LogP) is 3.64. The Kier molecular flexibility index (Phi) is 6.61. The van der Waals surface area contributed by atoms with Gasteiger partial charge in [0.05, 0.1) is 5.69 Å². The molecule has 0 spiro atoms. The van der Waals surface area contributed by atoms with Gasteiger partial charge in [-0.3, -0.25) is 4.99 Å². The van der Waals surface area contributed by atoms with E-state index in [-0.39, 0.29) is 0 Å². The molecule has 6 heteroatoms. The van der Waals surface area contributed by atoms with E-state index in [1.54, 1.807) is 6.26 Å². The van der Waals surface area contributed by atoms with Crippen molar-refractivity contribution < 1.29 is 4.42 Å². The number of nitrogens with one attached hydrogen (secondary N) is 2. The maximum atomic E-state index is 5.62. The van der Waals surface area contributed by atoms with Crippen molar-refractivity contribution in [2.45, 2.75) is 43.9 Å². The van der Waals surface area contributed by atoms with Crippen molar-refractivity contribution in [3.8, 4) is 11.5 Å². The summed E-state index contributed by atoms with van der Waals surface area (Å²) in [5.74, 6) is 1.55. The Morgan fingerprint density at radius 1 is 1.31 bits per heavy atom. The normalized spacial score (nSPS) is 20.3. The van der Waals surface area contributed by atoms with Crippen molar-refractivity contribution in [2.24, 2.45) is 4.99 Å². The molecule has 0 radical (unpaired) electrons. The van der Waals surface area contributed by atoms with Crippen LogP contribution in [0, 0.1) is 6.92 Å². The molecule has 2 N–H and O–H groups in total. The van der Waals surface area contributed by atoms with Gasteiger partial charge >= 0.3 is 0 Å². The van der Waals surface area contributed by atoms with E-state index >= 15 is 0 Å². The van der Waals surface area contributed by atoms with Gasteiger partial charge in [-0.1, -0.05) is 17.7 Å². The molecule has 3 rings (SSSR count). The van der Waals surface area contributed by atoms with Crippen LogP contribution in [-0.4, -0.2) is 42.1 Å². The largest absolute Gasteiger partial charge is 0.444 e. The molecule has 1 fully saturated rings. The number of thioether (sulfide) groups is 1. The van der Waals surface area contributed by atoms with Crippen molar-refractivity contribution >= 4 is 17.7 Å². The van der Waals surface area contributed by atoms with Crippen LogP contribution < -0.4 is 10.6 Å². The molecule has 1 heterocycles. The van der Waals surface area contributed by atoms with Crippen LogP contribution in [0.25, 0.3) is 11.5 Å². The standard InChI is InChI=1S/C20H28N4OS/c1-14-4-6-15(7-5-14)19-23-17(13-25-19)10-11-22-20(21-2)24-16-8-9-18(12-16)26-3/h4-7,13,16,18H,8-12H2,1-3H3,(H2,21,22,24). The zero-order valence-corrected chi connectivity index (χ0v) is 16.6. The molecule has 140 valence electrons. The molecule has 2 aromatic rings. The number of aliphatic imine (C=N–C) groups is 1. The molecule has 1 aromatic heterocycles. The summed E-state index contributed by atoms with van der Waals surface area (Å²) in [5, 5.41) is 7.70. The fourth-order valence-electron chi connectivity index (χ4n) is 3.23. The molecule has 0 saturated heterocycles. The Hall–Kier alpha value is -1.95. The van der Waals surface area contributed by atoms with Gasteiger partial charge in [0.2, 0.25) is 5.89 Å². The highest BCUT2D eigenvalue weighted by Crippen LogP contribution is 2.28. The summed E-state index contributed by atoms with van der Waals surface area (Å²) < 4.78 is 5.62. The number of hydrogen-bond acceptors (Lipinski definition) is 4. The molecule has 0 bridgehead atoms. The topological polar surface area (TPSA) is 62.5 Å². The van der Waals surface area contributed by atoms with E-state index in [2.05, 4.69) is 45.9 Å². The molecular weight excluding hydrogens is 344 g/mol. The van der Waals surface area contributed by atoms with Crippen molar-refractivity contribution in [2.75, 3.05) is 19.8 Å².